The van der Waals surface area contributed by atoms with Gasteiger partial charge in [-0.1, -0.05) is 6.42 Å². The minimum Gasteiger partial charge on any atom is -0.381 e. The monoisotopic (exact) mass is 240 g/mol. The fraction of sp³-hybridized carbons (Fsp3) is 0.923. The largest absolute Gasteiger partial charge is 0.381 e. The molecule has 2 fully saturated rings. The zero-order valence-electron chi connectivity index (χ0n) is 10.7. The fourth-order valence-corrected chi connectivity index (χ4v) is 2.73. The van der Waals surface area contributed by atoms with E-state index in [1.54, 1.807) is 0 Å². The summed E-state index contributed by atoms with van der Waals surface area (Å²) in [6.07, 6.45) is 5.47. The van der Waals surface area contributed by atoms with E-state index in [0.717, 1.165) is 45.4 Å². The highest BCUT2D eigenvalue weighted by Gasteiger charge is 2.25. The lowest BCUT2D eigenvalue weighted by Crippen LogP contribution is -2.51. The van der Waals surface area contributed by atoms with E-state index >= 15 is 0 Å². The average Bonchev–Trinajstić information content (AvgIpc) is 2.40. The maximum absolute atomic E-state index is 12.0. The van der Waals surface area contributed by atoms with E-state index in [0.29, 0.717) is 5.92 Å². The molecule has 4 heteroatoms. The van der Waals surface area contributed by atoms with E-state index in [1.807, 2.05) is 0 Å². The van der Waals surface area contributed by atoms with Crippen molar-refractivity contribution in [2.24, 2.45) is 5.92 Å². The molecule has 2 aliphatic heterocycles. The van der Waals surface area contributed by atoms with Crippen LogP contribution in [0.2, 0.25) is 0 Å². The summed E-state index contributed by atoms with van der Waals surface area (Å²) in [6.45, 7) is 4.78. The van der Waals surface area contributed by atoms with Gasteiger partial charge in [0.25, 0.3) is 0 Å². The predicted molar refractivity (Wildman–Crippen MR) is 66.8 cm³/mol. The zero-order chi connectivity index (χ0) is 12.1. The van der Waals surface area contributed by atoms with Gasteiger partial charge in [0, 0.05) is 19.3 Å². The van der Waals surface area contributed by atoms with E-state index in [4.69, 9.17) is 4.74 Å². The third-order valence-electron chi connectivity index (χ3n) is 3.97. The van der Waals surface area contributed by atoms with E-state index in [9.17, 15) is 4.79 Å². The van der Waals surface area contributed by atoms with Gasteiger partial charge in [-0.3, -0.25) is 4.79 Å². The first-order valence-corrected chi connectivity index (χ1v) is 6.89. The lowest BCUT2D eigenvalue weighted by Gasteiger charge is -2.30. The molecular weight excluding hydrogens is 216 g/mol. The molecule has 17 heavy (non-hydrogen) atoms. The van der Waals surface area contributed by atoms with Crippen LogP contribution in [0.3, 0.4) is 0 Å². The van der Waals surface area contributed by atoms with Gasteiger partial charge in [0.2, 0.25) is 5.91 Å². The van der Waals surface area contributed by atoms with Gasteiger partial charge >= 0.3 is 0 Å². The summed E-state index contributed by atoms with van der Waals surface area (Å²) in [6, 6.07) is 0.307. The molecule has 0 aromatic carbocycles. The van der Waals surface area contributed by atoms with Crippen molar-refractivity contribution in [3.63, 3.8) is 0 Å². The molecule has 0 aromatic rings. The number of carbonyl (C=O) groups is 1. The van der Waals surface area contributed by atoms with Gasteiger partial charge in [-0.15, -0.1) is 0 Å². The number of carbonyl (C=O) groups excluding carboxylic acids is 1. The van der Waals surface area contributed by atoms with Crippen molar-refractivity contribution < 1.29 is 9.53 Å². The summed E-state index contributed by atoms with van der Waals surface area (Å²) in [4.78, 5) is 12.0. The van der Waals surface area contributed by atoms with Gasteiger partial charge in [0.1, 0.15) is 0 Å². The van der Waals surface area contributed by atoms with Crippen molar-refractivity contribution in [3.05, 3.63) is 0 Å². The molecule has 4 nitrogen and oxygen atoms in total. The van der Waals surface area contributed by atoms with Crippen molar-refractivity contribution in [2.75, 3.05) is 19.8 Å². The Bertz CT molecular complexity index is 246. The molecular formula is C13H24N2O2. The Morgan fingerprint density at radius 2 is 2.06 bits per heavy atom. The maximum atomic E-state index is 12.0. The molecule has 0 radical (unpaired) electrons. The Morgan fingerprint density at radius 1 is 1.29 bits per heavy atom. The minimum absolute atomic E-state index is 0.0334. The van der Waals surface area contributed by atoms with Gasteiger partial charge in [-0.2, -0.15) is 0 Å². The molecule has 0 bridgehead atoms. The summed E-state index contributed by atoms with van der Waals surface area (Å²) in [5, 5.41) is 6.45. The van der Waals surface area contributed by atoms with Crippen LogP contribution < -0.4 is 10.6 Å². The van der Waals surface area contributed by atoms with Gasteiger partial charge in [0.15, 0.2) is 0 Å². The molecule has 2 heterocycles. The second-order valence-electron chi connectivity index (χ2n) is 5.25. The van der Waals surface area contributed by atoms with Gasteiger partial charge in [-0.25, -0.2) is 0 Å². The lowest BCUT2D eigenvalue weighted by molar-refractivity contribution is -0.124. The molecule has 0 aliphatic carbocycles. The SMILES string of the molecule is CC(NC(=O)C1CCCCN1)C1CCOCC1. The molecule has 0 saturated carbocycles. The molecule has 0 spiro atoms. The highest BCUT2D eigenvalue weighted by Crippen LogP contribution is 2.19. The summed E-state index contributed by atoms with van der Waals surface area (Å²) in [5.74, 6) is 0.764. The normalized spacial score (nSPS) is 28.6. The molecule has 2 saturated heterocycles. The second kappa shape index (κ2) is 6.36. The van der Waals surface area contributed by atoms with Crippen LogP contribution in [0.25, 0.3) is 0 Å². The van der Waals surface area contributed by atoms with E-state index in [1.165, 1.54) is 6.42 Å². The number of piperidine rings is 1. The van der Waals surface area contributed by atoms with Crippen LogP contribution in [-0.4, -0.2) is 37.7 Å². The number of hydrogen-bond acceptors (Lipinski definition) is 3. The molecule has 2 rings (SSSR count). The number of hydrogen-bond donors (Lipinski definition) is 2. The molecule has 2 atom stereocenters. The Kier molecular flexibility index (Phi) is 4.80. The van der Waals surface area contributed by atoms with Crippen molar-refractivity contribution >= 4 is 5.91 Å². The molecule has 2 unspecified atom stereocenters. The Balaban J connectivity index is 1.76. The fourth-order valence-electron chi connectivity index (χ4n) is 2.73. The van der Waals surface area contributed by atoms with Crippen LogP contribution in [-0.2, 0) is 9.53 Å². The summed E-state index contributed by atoms with van der Waals surface area (Å²) < 4.78 is 5.35. The van der Waals surface area contributed by atoms with Crippen LogP contribution in [0.4, 0.5) is 0 Å². The highest BCUT2D eigenvalue weighted by molar-refractivity contribution is 5.82. The summed E-state index contributed by atoms with van der Waals surface area (Å²) >= 11 is 0. The number of ether oxygens (including phenoxy) is 1. The first-order valence-electron chi connectivity index (χ1n) is 6.89. The first-order chi connectivity index (χ1) is 8.27. The van der Waals surface area contributed by atoms with Crippen LogP contribution in [0.1, 0.15) is 39.0 Å². The van der Waals surface area contributed by atoms with Gasteiger partial charge in [-0.05, 0) is 45.1 Å². The van der Waals surface area contributed by atoms with E-state index < -0.39 is 0 Å². The van der Waals surface area contributed by atoms with Gasteiger partial charge < -0.3 is 15.4 Å². The van der Waals surface area contributed by atoms with Crippen molar-refractivity contribution in [1.29, 1.82) is 0 Å². The van der Waals surface area contributed by atoms with E-state index in [2.05, 4.69) is 17.6 Å². The third-order valence-corrected chi connectivity index (χ3v) is 3.97. The van der Waals surface area contributed by atoms with Crippen molar-refractivity contribution in [3.8, 4) is 0 Å². The topological polar surface area (TPSA) is 50.4 Å². The third kappa shape index (κ3) is 3.68. The summed E-state index contributed by atoms with van der Waals surface area (Å²) in [5.41, 5.74) is 0. The average molecular weight is 240 g/mol. The number of nitrogens with one attached hydrogen (secondary N) is 2. The molecule has 0 aromatic heterocycles. The number of amides is 1. The Hall–Kier alpha value is -0.610. The lowest BCUT2D eigenvalue weighted by atomic mass is 9.92. The molecule has 2 N–H and O–H groups in total. The first kappa shape index (κ1) is 12.8. The Labute approximate surface area is 103 Å². The molecule has 1 amide bonds. The smallest absolute Gasteiger partial charge is 0.237 e. The van der Waals surface area contributed by atoms with Gasteiger partial charge in [0.05, 0.1) is 6.04 Å². The molecule has 2 aliphatic rings. The number of rotatable bonds is 3. The summed E-state index contributed by atoms with van der Waals surface area (Å²) in [7, 11) is 0. The van der Waals surface area contributed by atoms with E-state index in [-0.39, 0.29) is 18.0 Å². The Morgan fingerprint density at radius 3 is 2.71 bits per heavy atom. The highest BCUT2D eigenvalue weighted by atomic mass is 16.5. The van der Waals surface area contributed by atoms with Crippen molar-refractivity contribution in [1.82, 2.24) is 10.6 Å². The maximum Gasteiger partial charge on any atom is 0.237 e. The predicted octanol–water partition coefficient (Wildman–Crippen LogP) is 1.06. The standard InChI is InChI=1S/C13H24N2O2/c1-10(11-5-8-17-9-6-11)15-13(16)12-4-2-3-7-14-12/h10-12,14H,2-9H2,1H3,(H,15,16). The van der Waals surface area contributed by atoms with Crippen LogP contribution in [0.5, 0.6) is 0 Å². The zero-order valence-corrected chi connectivity index (χ0v) is 10.7. The quantitative estimate of drug-likeness (QED) is 0.775. The van der Waals surface area contributed by atoms with Crippen LogP contribution in [0, 0.1) is 5.92 Å². The van der Waals surface area contributed by atoms with Crippen LogP contribution in [0.15, 0.2) is 0 Å². The minimum atomic E-state index is 0.0334. The second-order valence-corrected chi connectivity index (χ2v) is 5.25. The molecule has 98 valence electrons. The van der Waals surface area contributed by atoms with Crippen molar-refractivity contribution in [2.45, 2.75) is 51.1 Å². The van der Waals surface area contributed by atoms with Crippen LogP contribution >= 0.6 is 0 Å².